The van der Waals surface area contributed by atoms with E-state index in [2.05, 4.69) is 33.9 Å². The summed E-state index contributed by atoms with van der Waals surface area (Å²) in [4.78, 5) is 14.1. The van der Waals surface area contributed by atoms with Gasteiger partial charge >= 0.3 is 0 Å². The first-order chi connectivity index (χ1) is 13.0. The van der Waals surface area contributed by atoms with Gasteiger partial charge in [0.05, 0.1) is 0 Å². The SMILES string of the molecule is C=CC(=O)NC1CC2(CCN(CCCC3CCN(SC)CCC3=C)CC2)C1. The zero-order chi connectivity index (χ0) is 19.3. The number of carbonyl (C=O) groups is 1. The van der Waals surface area contributed by atoms with E-state index in [1.54, 1.807) is 0 Å². The molecule has 3 fully saturated rings. The standard InChI is InChI=1S/C22H37N3OS/c1-4-21(26)23-20-16-22(17-20)9-14-24(15-10-22)11-5-6-19-8-13-25(27-3)12-7-18(19)2/h4,19-20H,1-2,5-17H2,3H3,(H,23,26). The summed E-state index contributed by atoms with van der Waals surface area (Å²) >= 11 is 1.88. The van der Waals surface area contributed by atoms with Gasteiger partial charge in [-0.05, 0) is 94.7 Å². The van der Waals surface area contributed by atoms with Crippen LogP contribution in [0.25, 0.3) is 0 Å². The fourth-order valence-corrected chi connectivity index (χ4v) is 5.75. The molecule has 3 rings (SSSR count). The Kier molecular flexibility index (Phi) is 7.46. The Bertz CT molecular complexity index is 534. The quantitative estimate of drug-likeness (QED) is 0.406. The number of hydrogen-bond acceptors (Lipinski definition) is 4. The molecule has 4 nitrogen and oxygen atoms in total. The lowest BCUT2D eigenvalue weighted by atomic mass is 9.60. The van der Waals surface area contributed by atoms with Gasteiger partial charge in [0.2, 0.25) is 5.91 Å². The summed E-state index contributed by atoms with van der Waals surface area (Å²) in [6, 6.07) is 0.379. The van der Waals surface area contributed by atoms with Gasteiger partial charge in [0, 0.05) is 19.1 Å². The Morgan fingerprint density at radius 2 is 2.04 bits per heavy atom. The van der Waals surface area contributed by atoms with Crippen LogP contribution in [0.3, 0.4) is 0 Å². The molecule has 152 valence electrons. The van der Waals surface area contributed by atoms with E-state index in [0.717, 1.165) is 18.8 Å². The topological polar surface area (TPSA) is 35.6 Å². The number of rotatable bonds is 7. The molecular formula is C22H37N3OS. The monoisotopic (exact) mass is 391 g/mol. The van der Waals surface area contributed by atoms with E-state index in [1.807, 2.05) is 11.9 Å². The molecule has 2 heterocycles. The molecule has 0 aromatic heterocycles. The van der Waals surface area contributed by atoms with E-state index in [9.17, 15) is 4.79 Å². The average molecular weight is 392 g/mol. The smallest absolute Gasteiger partial charge is 0.243 e. The molecule has 1 unspecified atom stereocenters. The highest BCUT2D eigenvalue weighted by molar-refractivity contribution is 7.96. The minimum absolute atomic E-state index is 0.0203. The second-order valence-electron chi connectivity index (χ2n) is 8.81. The van der Waals surface area contributed by atoms with Crippen molar-refractivity contribution in [3.8, 4) is 0 Å². The number of amides is 1. The van der Waals surface area contributed by atoms with Gasteiger partial charge in [-0.3, -0.25) is 9.10 Å². The lowest BCUT2D eigenvalue weighted by Gasteiger charge is -2.52. The normalized spacial score (nSPS) is 27.1. The van der Waals surface area contributed by atoms with Crippen molar-refractivity contribution < 1.29 is 4.79 Å². The molecule has 2 aliphatic heterocycles. The van der Waals surface area contributed by atoms with Gasteiger partial charge in [-0.15, -0.1) is 0 Å². The van der Waals surface area contributed by atoms with Crippen LogP contribution in [0.4, 0.5) is 0 Å². The van der Waals surface area contributed by atoms with Crippen LogP contribution in [0, 0.1) is 11.3 Å². The van der Waals surface area contributed by atoms with Crippen LogP contribution < -0.4 is 5.32 Å². The third kappa shape index (κ3) is 5.61. The van der Waals surface area contributed by atoms with Crippen LogP contribution >= 0.6 is 11.9 Å². The average Bonchev–Trinajstić information content (AvgIpc) is 2.83. The summed E-state index contributed by atoms with van der Waals surface area (Å²) in [6.45, 7) is 14.0. The molecular weight excluding hydrogens is 354 g/mol. The van der Waals surface area contributed by atoms with Gasteiger partial charge in [0.1, 0.15) is 0 Å². The third-order valence-electron chi connectivity index (χ3n) is 7.08. The summed E-state index contributed by atoms with van der Waals surface area (Å²) in [5, 5.41) is 3.05. The van der Waals surface area contributed by atoms with E-state index in [0.29, 0.717) is 11.5 Å². The molecule has 1 aliphatic carbocycles. The summed E-state index contributed by atoms with van der Waals surface area (Å²) in [5.74, 6) is 0.701. The van der Waals surface area contributed by atoms with Gasteiger partial charge in [-0.1, -0.05) is 30.7 Å². The molecule has 1 spiro atoms. The number of nitrogens with one attached hydrogen (secondary N) is 1. The highest BCUT2D eigenvalue weighted by Gasteiger charge is 2.45. The fraction of sp³-hybridized carbons (Fsp3) is 0.773. The first kappa shape index (κ1) is 20.9. The van der Waals surface area contributed by atoms with E-state index in [-0.39, 0.29) is 5.91 Å². The van der Waals surface area contributed by atoms with Gasteiger partial charge in [-0.2, -0.15) is 0 Å². The van der Waals surface area contributed by atoms with Crippen molar-refractivity contribution in [1.29, 1.82) is 0 Å². The highest BCUT2D eigenvalue weighted by atomic mass is 32.2. The lowest BCUT2D eigenvalue weighted by Crippen LogP contribution is -2.54. The Hall–Kier alpha value is -0.780. The van der Waals surface area contributed by atoms with E-state index in [4.69, 9.17) is 0 Å². The Morgan fingerprint density at radius 3 is 2.70 bits per heavy atom. The summed E-state index contributed by atoms with van der Waals surface area (Å²) in [5.41, 5.74) is 1.98. The van der Waals surface area contributed by atoms with E-state index < -0.39 is 0 Å². The van der Waals surface area contributed by atoms with Crippen LogP contribution in [0.2, 0.25) is 0 Å². The van der Waals surface area contributed by atoms with Gasteiger partial charge in [0.15, 0.2) is 0 Å². The van der Waals surface area contributed by atoms with Crippen LogP contribution in [-0.4, -0.2) is 60.1 Å². The molecule has 1 atom stereocenters. The van der Waals surface area contributed by atoms with Crippen molar-refractivity contribution in [2.24, 2.45) is 11.3 Å². The van der Waals surface area contributed by atoms with Gasteiger partial charge < -0.3 is 10.2 Å². The van der Waals surface area contributed by atoms with Crippen LogP contribution in [0.5, 0.6) is 0 Å². The van der Waals surface area contributed by atoms with Crippen molar-refractivity contribution in [3.05, 3.63) is 24.8 Å². The number of hydrogen-bond donors (Lipinski definition) is 1. The Balaban J connectivity index is 1.32. The van der Waals surface area contributed by atoms with Crippen LogP contribution in [0.15, 0.2) is 24.8 Å². The molecule has 1 saturated carbocycles. The molecule has 5 heteroatoms. The summed E-state index contributed by atoms with van der Waals surface area (Å²) in [6.07, 6.45) is 13.5. The minimum Gasteiger partial charge on any atom is -0.350 e. The van der Waals surface area contributed by atoms with Crippen molar-refractivity contribution in [3.63, 3.8) is 0 Å². The minimum atomic E-state index is -0.0203. The van der Waals surface area contributed by atoms with Crippen molar-refractivity contribution in [2.45, 2.75) is 57.4 Å². The zero-order valence-electron chi connectivity index (χ0n) is 17.0. The van der Waals surface area contributed by atoms with Crippen molar-refractivity contribution in [2.75, 3.05) is 39.0 Å². The molecule has 2 saturated heterocycles. The molecule has 0 bridgehead atoms. The predicted octanol–water partition coefficient (Wildman–Crippen LogP) is 3.86. The maximum atomic E-state index is 11.4. The van der Waals surface area contributed by atoms with E-state index in [1.165, 1.54) is 82.9 Å². The molecule has 3 aliphatic rings. The Labute approximate surface area is 169 Å². The molecule has 0 radical (unpaired) electrons. The maximum absolute atomic E-state index is 11.4. The number of carbonyl (C=O) groups excluding carboxylic acids is 1. The van der Waals surface area contributed by atoms with Gasteiger partial charge in [0.25, 0.3) is 0 Å². The van der Waals surface area contributed by atoms with E-state index >= 15 is 0 Å². The third-order valence-corrected chi connectivity index (χ3v) is 7.96. The molecule has 1 N–H and O–H groups in total. The largest absolute Gasteiger partial charge is 0.350 e. The first-order valence-corrected chi connectivity index (χ1v) is 11.8. The first-order valence-electron chi connectivity index (χ1n) is 10.7. The van der Waals surface area contributed by atoms with Crippen LogP contribution in [-0.2, 0) is 4.79 Å². The molecule has 27 heavy (non-hydrogen) atoms. The zero-order valence-corrected chi connectivity index (χ0v) is 17.9. The molecule has 1 amide bonds. The van der Waals surface area contributed by atoms with Gasteiger partial charge in [-0.25, -0.2) is 0 Å². The summed E-state index contributed by atoms with van der Waals surface area (Å²) < 4.78 is 2.48. The maximum Gasteiger partial charge on any atom is 0.243 e. The summed E-state index contributed by atoms with van der Waals surface area (Å²) in [7, 11) is 0. The van der Waals surface area contributed by atoms with Crippen molar-refractivity contribution in [1.82, 2.24) is 14.5 Å². The number of nitrogens with zero attached hydrogens (tertiary/aromatic N) is 2. The second kappa shape index (κ2) is 9.62. The predicted molar refractivity (Wildman–Crippen MR) is 116 cm³/mol. The van der Waals surface area contributed by atoms with Crippen molar-refractivity contribution >= 4 is 17.9 Å². The number of piperidine rings is 1. The lowest BCUT2D eigenvalue weighted by molar-refractivity contribution is -0.119. The van der Waals surface area contributed by atoms with Crippen LogP contribution in [0.1, 0.15) is 51.4 Å². The highest BCUT2D eigenvalue weighted by Crippen LogP contribution is 2.49. The second-order valence-corrected chi connectivity index (χ2v) is 9.69. The molecule has 0 aromatic rings. The molecule has 0 aromatic carbocycles. The Morgan fingerprint density at radius 1 is 1.30 bits per heavy atom. The number of likely N-dealkylation sites (tertiary alicyclic amines) is 1. The fourth-order valence-electron chi connectivity index (χ4n) is 5.19.